The first-order valence-electron chi connectivity index (χ1n) is 16.8. The van der Waals surface area contributed by atoms with E-state index in [1.165, 1.54) is 63.5 Å². The summed E-state index contributed by atoms with van der Waals surface area (Å²) in [5.41, 5.74) is 7.97. The van der Waals surface area contributed by atoms with Crippen LogP contribution in [0.4, 0.5) is 0 Å². The summed E-state index contributed by atoms with van der Waals surface area (Å²) in [6.07, 6.45) is 1.81. The zero-order valence-corrected chi connectivity index (χ0v) is 27.5. The van der Waals surface area contributed by atoms with Gasteiger partial charge in [0.1, 0.15) is 11.2 Å². The zero-order chi connectivity index (χ0) is 32.8. The highest BCUT2D eigenvalue weighted by molar-refractivity contribution is 7.27. The lowest BCUT2D eigenvalue weighted by molar-refractivity contribution is 1.18. The molecule has 0 aliphatic rings. The lowest BCUT2D eigenvalue weighted by Gasteiger charge is -2.12. The summed E-state index contributed by atoms with van der Waals surface area (Å²) < 4.78 is 5.09. The molecule has 11 rings (SSSR count). The Kier molecular flexibility index (Phi) is 5.80. The molecule has 0 saturated heterocycles. The van der Waals surface area contributed by atoms with Crippen molar-refractivity contribution < 1.29 is 0 Å². The molecule has 4 heterocycles. The van der Waals surface area contributed by atoms with Crippen molar-refractivity contribution in [1.82, 2.24) is 19.5 Å². The molecule has 0 atom stereocenters. The summed E-state index contributed by atoms with van der Waals surface area (Å²) in [4.78, 5) is 14.9. The van der Waals surface area contributed by atoms with Crippen LogP contribution in [0.25, 0.3) is 103 Å². The Hall–Kier alpha value is -6.43. The van der Waals surface area contributed by atoms with Gasteiger partial charge in [0.2, 0.25) is 0 Å². The number of hydrogen-bond donors (Lipinski definition) is 0. The van der Waals surface area contributed by atoms with Crippen molar-refractivity contribution in [2.24, 2.45) is 0 Å². The Morgan fingerprint density at radius 2 is 1.24 bits per heavy atom. The van der Waals surface area contributed by atoms with E-state index in [0.717, 1.165) is 33.5 Å². The first-order valence-corrected chi connectivity index (χ1v) is 17.6. The molecule has 0 amide bonds. The number of aromatic nitrogens is 4. The van der Waals surface area contributed by atoms with Crippen LogP contribution in [0.15, 0.2) is 158 Å². The van der Waals surface area contributed by atoms with Crippen LogP contribution < -0.4 is 0 Å². The van der Waals surface area contributed by atoms with Crippen molar-refractivity contribution in [2.75, 3.05) is 0 Å². The maximum atomic E-state index is 5.16. The van der Waals surface area contributed by atoms with Gasteiger partial charge in [-0.1, -0.05) is 97.1 Å². The number of fused-ring (bicyclic) bond motifs is 12. The second-order valence-corrected chi connectivity index (χ2v) is 13.9. The van der Waals surface area contributed by atoms with Gasteiger partial charge in [0, 0.05) is 59.3 Å². The lowest BCUT2D eigenvalue weighted by Crippen LogP contribution is -1.98. The number of hydrogen-bond acceptors (Lipinski definition) is 4. The van der Waals surface area contributed by atoms with Crippen LogP contribution in [-0.4, -0.2) is 19.5 Å². The Morgan fingerprint density at radius 3 is 2.12 bits per heavy atom. The first-order chi connectivity index (χ1) is 24.8. The molecule has 4 nitrogen and oxygen atoms in total. The van der Waals surface area contributed by atoms with Gasteiger partial charge in [-0.3, -0.25) is 4.98 Å². The molecule has 7 aromatic carbocycles. The molecule has 11 aromatic rings. The summed E-state index contributed by atoms with van der Waals surface area (Å²) in [6.45, 7) is 0. The van der Waals surface area contributed by atoms with Gasteiger partial charge in [-0.15, -0.1) is 11.3 Å². The minimum atomic E-state index is 0.680. The quantitative estimate of drug-likeness (QED) is 0.190. The molecule has 232 valence electrons. The van der Waals surface area contributed by atoms with Crippen LogP contribution in [0.1, 0.15) is 0 Å². The summed E-state index contributed by atoms with van der Waals surface area (Å²) in [5, 5.41) is 10.1. The molecule has 4 aromatic heterocycles. The first kappa shape index (κ1) is 27.5. The number of nitrogens with zero attached hydrogens (tertiary/aromatic N) is 4. The number of benzene rings is 7. The van der Waals surface area contributed by atoms with E-state index in [-0.39, 0.29) is 0 Å². The summed E-state index contributed by atoms with van der Waals surface area (Å²) in [7, 11) is 0. The molecular weight excluding hydrogens is 629 g/mol. The molecule has 0 N–H and O–H groups in total. The number of thiophene rings is 1. The van der Waals surface area contributed by atoms with Crippen molar-refractivity contribution in [3.8, 4) is 28.3 Å². The van der Waals surface area contributed by atoms with Crippen molar-refractivity contribution in [3.63, 3.8) is 0 Å². The molecule has 0 aliphatic carbocycles. The third-order valence-corrected chi connectivity index (χ3v) is 11.2. The second kappa shape index (κ2) is 10.5. The fourth-order valence-corrected chi connectivity index (χ4v) is 9.06. The van der Waals surface area contributed by atoms with E-state index in [1.54, 1.807) is 0 Å². The standard InChI is InChI=1S/C45H26N4S/c1-2-11-29-26-30(20-19-27(29)10-1)41-42-36(16-9-25-46-42)47-45(48-41)28-21-23-31(24-22-28)49-37-17-7-5-14-34(37)40-43(49)33-13-4-3-12-32(33)39-35-15-6-8-18-38(35)50-44(39)40/h1-26H. The van der Waals surface area contributed by atoms with Gasteiger partial charge < -0.3 is 4.57 Å². The van der Waals surface area contributed by atoms with Crippen LogP contribution in [-0.2, 0) is 0 Å². The van der Waals surface area contributed by atoms with E-state index >= 15 is 0 Å². The lowest BCUT2D eigenvalue weighted by atomic mass is 10.00. The fraction of sp³-hybridized carbons (Fsp3) is 0. The van der Waals surface area contributed by atoms with Crippen LogP contribution in [0.3, 0.4) is 0 Å². The highest BCUT2D eigenvalue weighted by Gasteiger charge is 2.21. The van der Waals surface area contributed by atoms with Crippen LogP contribution in [0.5, 0.6) is 0 Å². The van der Waals surface area contributed by atoms with E-state index in [4.69, 9.17) is 15.0 Å². The zero-order valence-electron chi connectivity index (χ0n) is 26.7. The van der Waals surface area contributed by atoms with E-state index < -0.39 is 0 Å². The third kappa shape index (κ3) is 3.95. The SMILES string of the molecule is c1ccc2cc(-c3nc(-c4ccc(-n5c6ccccc6c6c7sc8ccccc8c7c7ccccc7c65)cc4)nc4cccnc34)ccc2c1. The highest BCUT2D eigenvalue weighted by atomic mass is 32.1. The van der Waals surface area contributed by atoms with E-state index in [1.807, 2.05) is 29.7 Å². The molecule has 50 heavy (non-hydrogen) atoms. The minimum Gasteiger partial charge on any atom is -0.309 e. The van der Waals surface area contributed by atoms with Crippen molar-refractivity contribution in [2.45, 2.75) is 0 Å². The van der Waals surface area contributed by atoms with E-state index in [2.05, 4.69) is 144 Å². The molecule has 0 saturated carbocycles. The molecule has 0 bridgehead atoms. The van der Waals surface area contributed by atoms with Crippen LogP contribution in [0.2, 0.25) is 0 Å². The minimum absolute atomic E-state index is 0.680. The Labute approximate surface area is 290 Å². The number of pyridine rings is 1. The van der Waals surface area contributed by atoms with Gasteiger partial charge in [-0.25, -0.2) is 9.97 Å². The maximum absolute atomic E-state index is 5.16. The monoisotopic (exact) mass is 654 g/mol. The molecule has 0 spiro atoms. The van der Waals surface area contributed by atoms with Gasteiger partial charge in [0.05, 0.1) is 16.6 Å². The smallest absolute Gasteiger partial charge is 0.160 e. The van der Waals surface area contributed by atoms with E-state index in [0.29, 0.717) is 5.82 Å². The molecule has 0 aliphatic heterocycles. The predicted molar refractivity (Wildman–Crippen MR) is 210 cm³/mol. The van der Waals surface area contributed by atoms with Crippen molar-refractivity contribution >= 4 is 85.9 Å². The average Bonchev–Trinajstić information content (AvgIpc) is 3.74. The Balaban J connectivity index is 1.13. The Bertz CT molecular complexity index is 3150. The van der Waals surface area contributed by atoms with Gasteiger partial charge in [-0.2, -0.15) is 0 Å². The Morgan fingerprint density at radius 1 is 0.520 bits per heavy atom. The van der Waals surface area contributed by atoms with Crippen LogP contribution >= 0.6 is 11.3 Å². The van der Waals surface area contributed by atoms with E-state index in [9.17, 15) is 0 Å². The predicted octanol–water partition coefficient (Wildman–Crippen LogP) is 12.1. The van der Waals surface area contributed by atoms with Crippen molar-refractivity contribution in [3.05, 3.63) is 158 Å². The number of rotatable bonds is 3. The maximum Gasteiger partial charge on any atom is 0.160 e. The largest absolute Gasteiger partial charge is 0.309 e. The molecule has 0 unspecified atom stereocenters. The normalized spacial score (nSPS) is 12.0. The summed E-state index contributed by atoms with van der Waals surface area (Å²) in [6, 6.07) is 54.0. The summed E-state index contributed by atoms with van der Waals surface area (Å²) in [5.74, 6) is 0.680. The molecule has 5 heteroatoms. The molecule has 0 fully saturated rings. The second-order valence-electron chi connectivity index (χ2n) is 12.8. The van der Waals surface area contributed by atoms with Gasteiger partial charge >= 0.3 is 0 Å². The van der Waals surface area contributed by atoms with Gasteiger partial charge in [0.15, 0.2) is 5.82 Å². The fourth-order valence-electron chi connectivity index (χ4n) is 7.78. The van der Waals surface area contributed by atoms with Crippen LogP contribution in [0, 0.1) is 0 Å². The average molecular weight is 655 g/mol. The van der Waals surface area contributed by atoms with Gasteiger partial charge in [-0.05, 0) is 70.8 Å². The molecule has 0 radical (unpaired) electrons. The topological polar surface area (TPSA) is 43.6 Å². The third-order valence-electron chi connectivity index (χ3n) is 10.0. The van der Waals surface area contributed by atoms with Crippen molar-refractivity contribution in [1.29, 1.82) is 0 Å². The number of para-hydroxylation sites is 1. The molecular formula is C45H26N4S. The van der Waals surface area contributed by atoms with Gasteiger partial charge in [0.25, 0.3) is 0 Å². The summed E-state index contributed by atoms with van der Waals surface area (Å²) >= 11 is 1.89. The highest BCUT2D eigenvalue weighted by Crippen LogP contribution is 2.48.